The second-order valence-corrected chi connectivity index (χ2v) is 7.40. The van der Waals surface area contributed by atoms with Crippen LogP contribution in [0.3, 0.4) is 0 Å². The lowest BCUT2D eigenvalue weighted by Crippen LogP contribution is -2.32. The van der Waals surface area contributed by atoms with Gasteiger partial charge < -0.3 is 10.2 Å². The minimum Gasteiger partial charge on any atom is -0.352 e. The van der Waals surface area contributed by atoms with Crippen molar-refractivity contribution < 1.29 is 0 Å². The lowest BCUT2D eigenvalue weighted by Gasteiger charge is -2.29. The Morgan fingerprint density at radius 3 is 2.85 bits per heavy atom. The van der Waals surface area contributed by atoms with Crippen LogP contribution in [0.4, 0.5) is 11.8 Å². The molecule has 0 saturated heterocycles. The summed E-state index contributed by atoms with van der Waals surface area (Å²) < 4.78 is 0. The molecule has 0 spiro atoms. The molecule has 0 unspecified atom stereocenters. The van der Waals surface area contributed by atoms with Crippen LogP contribution in [0.2, 0.25) is 5.02 Å². The molecular weight excluding hydrogens is 360 g/mol. The molecule has 0 atom stereocenters. The summed E-state index contributed by atoms with van der Waals surface area (Å²) in [6, 6.07) is 8.39. The fourth-order valence-corrected chi connectivity index (χ4v) is 3.51. The van der Waals surface area contributed by atoms with E-state index in [1.807, 2.05) is 30.5 Å². The summed E-state index contributed by atoms with van der Waals surface area (Å²) in [5.74, 6) is 1.65. The van der Waals surface area contributed by atoms with E-state index in [1.165, 1.54) is 12.8 Å². The molecule has 0 aromatic carbocycles. The monoisotopic (exact) mass is 378 g/mol. The van der Waals surface area contributed by atoms with E-state index in [2.05, 4.69) is 25.2 Å². The van der Waals surface area contributed by atoms with Gasteiger partial charge in [-0.3, -0.25) is 4.98 Å². The Morgan fingerprint density at radius 1 is 1.11 bits per heavy atom. The average molecular weight is 379 g/mol. The Hall–Kier alpha value is -2.73. The molecule has 27 heavy (non-hydrogen) atoms. The maximum atomic E-state index is 6.37. The number of hydrogen-bond acceptors (Lipinski definition) is 6. The summed E-state index contributed by atoms with van der Waals surface area (Å²) in [5.41, 5.74) is 4.03. The SMILES string of the molecule is Clc1cnc(N2CCc3nc(NC4CC4)ncc3C2)cc1-c1ccccn1. The van der Waals surface area contributed by atoms with Crippen molar-refractivity contribution in [2.24, 2.45) is 0 Å². The zero-order valence-corrected chi connectivity index (χ0v) is 15.5. The standard InChI is InChI=1S/C20H19ClN6/c21-16-11-23-19(9-15(16)18-3-1-2-7-22-18)27-8-6-17-13(12-27)10-24-20(26-17)25-14-4-5-14/h1-3,7,9-11,14H,4-6,8,12H2,(H,24,25,26). The van der Waals surface area contributed by atoms with Crippen LogP contribution in [0.15, 0.2) is 42.9 Å². The second-order valence-electron chi connectivity index (χ2n) is 6.99. The predicted molar refractivity (Wildman–Crippen MR) is 106 cm³/mol. The third-order valence-electron chi connectivity index (χ3n) is 4.95. The number of nitrogens with zero attached hydrogens (tertiary/aromatic N) is 5. The van der Waals surface area contributed by atoms with Crippen molar-refractivity contribution in [2.75, 3.05) is 16.8 Å². The Bertz CT molecular complexity index is 973. The van der Waals surface area contributed by atoms with Crippen LogP contribution in [-0.4, -0.2) is 32.5 Å². The smallest absolute Gasteiger partial charge is 0.223 e. The van der Waals surface area contributed by atoms with E-state index in [0.29, 0.717) is 11.1 Å². The van der Waals surface area contributed by atoms with Gasteiger partial charge in [0.1, 0.15) is 5.82 Å². The zero-order chi connectivity index (χ0) is 18.2. The van der Waals surface area contributed by atoms with E-state index >= 15 is 0 Å². The largest absolute Gasteiger partial charge is 0.352 e. The molecular formula is C20H19ClN6. The minimum atomic E-state index is 0.562. The molecule has 0 radical (unpaired) electrons. The van der Waals surface area contributed by atoms with Gasteiger partial charge in [-0.15, -0.1) is 0 Å². The Morgan fingerprint density at radius 2 is 2.04 bits per heavy atom. The molecule has 1 aliphatic carbocycles. The first-order valence-electron chi connectivity index (χ1n) is 9.19. The number of pyridine rings is 2. The fraction of sp³-hybridized carbons (Fsp3) is 0.300. The molecule has 1 N–H and O–H groups in total. The maximum Gasteiger partial charge on any atom is 0.223 e. The van der Waals surface area contributed by atoms with E-state index in [4.69, 9.17) is 16.6 Å². The van der Waals surface area contributed by atoms with E-state index in [-0.39, 0.29) is 0 Å². The maximum absolute atomic E-state index is 6.37. The molecule has 0 amide bonds. The molecule has 136 valence electrons. The molecule has 7 heteroatoms. The molecule has 3 aromatic rings. The molecule has 3 aromatic heterocycles. The van der Waals surface area contributed by atoms with Crippen LogP contribution in [0.1, 0.15) is 24.1 Å². The lowest BCUT2D eigenvalue weighted by atomic mass is 10.1. The van der Waals surface area contributed by atoms with Crippen molar-refractivity contribution in [2.45, 2.75) is 31.8 Å². The van der Waals surface area contributed by atoms with Crippen LogP contribution >= 0.6 is 11.6 Å². The van der Waals surface area contributed by atoms with Crippen molar-refractivity contribution in [3.05, 3.63) is 59.1 Å². The number of rotatable bonds is 4. The topological polar surface area (TPSA) is 66.8 Å². The lowest BCUT2D eigenvalue weighted by molar-refractivity contribution is 0.697. The van der Waals surface area contributed by atoms with Gasteiger partial charge in [0.15, 0.2) is 0 Å². The summed E-state index contributed by atoms with van der Waals surface area (Å²) in [4.78, 5) is 20.4. The highest BCUT2D eigenvalue weighted by Crippen LogP contribution is 2.31. The summed E-state index contributed by atoms with van der Waals surface area (Å²) in [7, 11) is 0. The van der Waals surface area contributed by atoms with E-state index < -0.39 is 0 Å². The van der Waals surface area contributed by atoms with Gasteiger partial charge in [-0.2, -0.15) is 0 Å². The highest BCUT2D eigenvalue weighted by Gasteiger charge is 2.24. The first kappa shape index (κ1) is 16.4. The van der Waals surface area contributed by atoms with E-state index in [1.54, 1.807) is 12.4 Å². The summed E-state index contributed by atoms with van der Waals surface area (Å²) in [6.07, 6.45) is 8.72. The van der Waals surface area contributed by atoms with Crippen LogP contribution < -0.4 is 10.2 Å². The normalized spacial score (nSPS) is 16.1. The number of nitrogens with one attached hydrogen (secondary N) is 1. The van der Waals surface area contributed by atoms with Crippen LogP contribution in [-0.2, 0) is 13.0 Å². The van der Waals surface area contributed by atoms with Gasteiger partial charge in [0.2, 0.25) is 5.95 Å². The fourth-order valence-electron chi connectivity index (χ4n) is 3.31. The first-order chi connectivity index (χ1) is 13.3. The third kappa shape index (κ3) is 3.45. The van der Waals surface area contributed by atoms with Crippen LogP contribution in [0.25, 0.3) is 11.3 Å². The summed E-state index contributed by atoms with van der Waals surface area (Å²) >= 11 is 6.37. The summed E-state index contributed by atoms with van der Waals surface area (Å²) in [6.45, 7) is 1.61. The molecule has 1 saturated carbocycles. The molecule has 4 heterocycles. The Kier molecular flexibility index (Phi) is 4.13. The van der Waals surface area contributed by atoms with Gasteiger partial charge >= 0.3 is 0 Å². The van der Waals surface area contributed by atoms with Crippen LogP contribution in [0.5, 0.6) is 0 Å². The molecule has 5 rings (SSSR count). The third-order valence-corrected chi connectivity index (χ3v) is 5.25. The second kappa shape index (κ2) is 6.78. The predicted octanol–water partition coefficient (Wildman–Crippen LogP) is 3.72. The van der Waals surface area contributed by atoms with Crippen molar-refractivity contribution in [1.29, 1.82) is 0 Å². The van der Waals surface area contributed by atoms with Crippen LogP contribution in [0, 0.1) is 0 Å². The number of anilines is 2. The van der Waals surface area contributed by atoms with Crippen molar-refractivity contribution in [1.82, 2.24) is 19.9 Å². The molecule has 0 bridgehead atoms. The highest BCUT2D eigenvalue weighted by molar-refractivity contribution is 6.33. The Labute approximate surface area is 162 Å². The molecule has 6 nitrogen and oxygen atoms in total. The first-order valence-corrected chi connectivity index (χ1v) is 9.57. The molecule has 1 aliphatic heterocycles. The van der Waals surface area contributed by atoms with Gasteiger partial charge in [-0.05, 0) is 31.0 Å². The minimum absolute atomic E-state index is 0.562. The number of fused-ring (bicyclic) bond motifs is 1. The van der Waals surface area contributed by atoms with Gasteiger partial charge in [-0.1, -0.05) is 17.7 Å². The van der Waals surface area contributed by atoms with E-state index in [9.17, 15) is 0 Å². The van der Waals surface area contributed by atoms with Gasteiger partial charge in [0.05, 0.1) is 16.4 Å². The number of aromatic nitrogens is 4. The van der Waals surface area contributed by atoms with Gasteiger partial charge in [0, 0.05) is 55.3 Å². The zero-order valence-electron chi connectivity index (χ0n) is 14.8. The number of hydrogen-bond donors (Lipinski definition) is 1. The molecule has 1 fully saturated rings. The Balaban J connectivity index is 1.40. The van der Waals surface area contributed by atoms with Crippen molar-refractivity contribution >= 4 is 23.4 Å². The summed E-state index contributed by atoms with van der Waals surface area (Å²) in [5, 5.41) is 3.98. The quantitative estimate of drug-likeness (QED) is 0.746. The molecule has 2 aliphatic rings. The van der Waals surface area contributed by atoms with Crippen molar-refractivity contribution in [3.8, 4) is 11.3 Å². The van der Waals surface area contributed by atoms with Gasteiger partial charge in [0.25, 0.3) is 0 Å². The average Bonchev–Trinajstić information content (AvgIpc) is 3.53. The van der Waals surface area contributed by atoms with E-state index in [0.717, 1.165) is 53.8 Å². The number of halogens is 1. The highest BCUT2D eigenvalue weighted by atomic mass is 35.5. The van der Waals surface area contributed by atoms with Gasteiger partial charge in [-0.25, -0.2) is 15.0 Å². The van der Waals surface area contributed by atoms with Crippen molar-refractivity contribution in [3.63, 3.8) is 0 Å².